The first-order valence-corrected chi connectivity index (χ1v) is 8.34. The Hall–Kier alpha value is -1.15. The van der Waals surface area contributed by atoms with Crippen LogP contribution in [0.25, 0.3) is 0 Å². The van der Waals surface area contributed by atoms with Crippen molar-refractivity contribution in [3.8, 4) is 0 Å². The first kappa shape index (κ1) is 16.2. The molecule has 1 aliphatic heterocycles. The fourth-order valence-corrected chi connectivity index (χ4v) is 4.08. The smallest absolute Gasteiger partial charge is 0.242 e. The van der Waals surface area contributed by atoms with Crippen LogP contribution in [0.4, 0.5) is 5.69 Å². The van der Waals surface area contributed by atoms with E-state index in [0.717, 1.165) is 0 Å². The van der Waals surface area contributed by atoms with Crippen LogP contribution in [0.5, 0.6) is 0 Å². The van der Waals surface area contributed by atoms with E-state index in [1.807, 2.05) is 0 Å². The van der Waals surface area contributed by atoms with Gasteiger partial charge in [-0.2, -0.15) is 0 Å². The van der Waals surface area contributed by atoms with E-state index in [4.69, 9.17) is 11.6 Å². The number of hydrogen-bond donors (Lipinski definition) is 3. The van der Waals surface area contributed by atoms with Crippen LogP contribution in [0.1, 0.15) is 25.8 Å². The molecule has 0 saturated heterocycles. The van der Waals surface area contributed by atoms with E-state index in [9.17, 15) is 18.3 Å². The second-order valence-electron chi connectivity index (χ2n) is 5.34. The molecule has 1 atom stereocenters. The Morgan fingerprint density at radius 1 is 1.48 bits per heavy atom. The number of carbonyl (C=O) groups is 1. The standard InChI is InChI=1S/C13H17ClN2O4S/c1-3-13(2,7-17)16-21(19,20)11-4-8-5-12(18)15-10(8)6-9(11)14/h4,6,16-17H,3,5,7H2,1-2H3,(H,15,18). The molecule has 0 saturated carbocycles. The Kier molecular flexibility index (Phi) is 4.30. The third kappa shape index (κ3) is 3.21. The summed E-state index contributed by atoms with van der Waals surface area (Å²) in [5.74, 6) is -0.197. The van der Waals surface area contributed by atoms with Gasteiger partial charge in [-0.15, -0.1) is 0 Å². The van der Waals surface area contributed by atoms with E-state index >= 15 is 0 Å². The number of rotatable bonds is 5. The van der Waals surface area contributed by atoms with Gasteiger partial charge in [-0.3, -0.25) is 4.79 Å². The van der Waals surface area contributed by atoms with Crippen molar-refractivity contribution in [2.24, 2.45) is 0 Å². The van der Waals surface area contributed by atoms with Crippen LogP contribution in [0.3, 0.4) is 0 Å². The van der Waals surface area contributed by atoms with Crippen LogP contribution in [0, 0.1) is 0 Å². The Morgan fingerprint density at radius 2 is 2.14 bits per heavy atom. The van der Waals surface area contributed by atoms with Crippen LogP contribution in [-0.4, -0.2) is 31.6 Å². The molecule has 1 amide bonds. The van der Waals surface area contributed by atoms with Crippen LogP contribution in [-0.2, 0) is 21.2 Å². The second-order valence-corrected chi connectivity index (χ2v) is 7.40. The van der Waals surface area contributed by atoms with E-state index in [1.54, 1.807) is 13.8 Å². The Morgan fingerprint density at radius 3 is 2.71 bits per heavy atom. The number of fused-ring (bicyclic) bond motifs is 1. The van der Waals surface area contributed by atoms with Gasteiger partial charge < -0.3 is 10.4 Å². The van der Waals surface area contributed by atoms with Crippen molar-refractivity contribution in [3.63, 3.8) is 0 Å². The van der Waals surface area contributed by atoms with Gasteiger partial charge in [0.2, 0.25) is 15.9 Å². The van der Waals surface area contributed by atoms with E-state index in [1.165, 1.54) is 12.1 Å². The van der Waals surface area contributed by atoms with E-state index < -0.39 is 15.6 Å². The van der Waals surface area contributed by atoms with Gasteiger partial charge in [-0.05, 0) is 31.0 Å². The van der Waals surface area contributed by atoms with Gasteiger partial charge in [0.05, 0.1) is 23.6 Å². The molecule has 0 spiro atoms. The molecule has 0 bridgehead atoms. The highest BCUT2D eigenvalue weighted by atomic mass is 35.5. The molecule has 1 unspecified atom stereocenters. The number of hydrogen-bond acceptors (Lipinski definition) is 4. The van der Waals surface area contributed by atoms with Crippen molar-refractivity contribution < 1.29 is 18.3 Å². The summed E-state index contributed by atoms with van der Waals surface area (Å²) in [6.45, 7) is 3.05. The molecule has 0 fully saturated rings. The quantitative estimate of drug-likeness (QED) is 0.756. The van der Waals surface area contributed by atoms with Crippen LogP contribution in [0.2, 0.25) is 5.02 Å². The van der Waals surface area contributed by atoms with E-state index in [0.29, 0.717) is 17.7 Å². The van der Waals surface area contributed by atoms with Crippen molar-refractivity contribution in [3.05, 3.63) is 22.7 Å². The highest BCUT2D eigenvalue weighted by Gasteiger charge is 2.31. The summed E-state index contributed by atoms with van der Waals surface area (Å²) in [6.07, 6.45) is 0.547. The van der Waals surface area contributed by atoms with Crippen molar-refractivity contribution in [2.75, 3.05) is 11.9 Å². The highest BCUT2D eigenvalue weighted by Crippen LogP contribution is 2.32. The maximum atomic E-state index is 12.5. The minimum absolute atomic E-state index is 0.0276. The molecule has 0 aromatic heterocycles. The molecular formula is C13H17ClN2O4S. The first-order valence-electron chi connectivity index (χ1n) is 6.48. The Balaban J connectivity index is 2.42. The fraction of sp³-hybridized carbons (Fsp3) is 0.462. The van der Waals surface area contributed by atoms with Gasteiger partial charge >= 0.3 is 0 Å². The molecule has 1 aromatic carbocycles. The van der Waals surface area contributed by atoms with Crippen LogP contribution in [0.15, 0.2) is 17.0 Å². The predicted octanol–water partition coefficient (Wildman–Crippen LogP) is 1.27. The van der Waals surface area contributed by atoms with Gasteiger partial charge in [0.15, 0.2) is 0 Å². The van der Waals surface area contributed by atoms with Gasteiger partial charge in [0.1, 0.15) is 4.90 Å². The lowest BCUT2D eigenvalue weighted by molar-refractivity contribution is -0.115. The number of sulfonamides is 1. The number of aliphatic hydroxyl groups excluding tert-OH is 1. The first-order chi connectivity index (χ1) is 9.70. The molecule has 6 nitrogen and oxygen atoms in total. The minimum atomic E-state index is -3.89. The van der Waals surface area contributed by atoms with Crippen LogP contribution >= 0.6 is 11.6 Å². The SMILES string of the molecule is CCC(C)(CO)NS(=O)(=O)c1cc2c(cc1Cl)NC(=O)C2. The van der Waals surface area contributed by atoms with Gasteiger partial charge in [0, 0.05) is 5.69 Å². The number of amides is 1. The summed E-state index contributed by atoms with van der Waals surface area (Å²) in [6, 6.07) is 2.82. The summed E-state index contributed by atoms with van der Waals surface area (Å²) < 4.78 is 27.4. The molecule has 2 rings (SSSR count). The molecule has 8 heteroatoms. The Bertz CT molecular complexity index is 684. The largest absolute Gasteiger partial charge is 0.394 e. The number of benzene rings is 1. The van der Waals surface area contributed by atoms with Crippen LogP contribution < -0.4 is 10.0 Å². The number of anilines is 1. The third-order valence-corrected chi connectivity index (χ3v) is 5.69. The zero-order valence-electron chi connectivity index (χ0n) is 11.7. The highest BCUT2D eigenvalue weighted by molar-refractivity contribution is 7.89. The van der Waals surface area contributed by atoms with Crippen molar-refractivity contribution in [1.29, 1.82) is 0 Å². The lowest BCUT2D eigenvalue weighted by Crippen LogP contribution is -2.48. The molecule has 0 aliphatic carbocycles. The van der Waals surface area contributed by atoms with Crippen molar-refractivity contribution in [2.45, 2.75) is 37.1 Å². The molecule has 116 valence electrons. The maximum absolute atomic E-state index is 12.5. The van der Waals surface area contributed by atoms with Crippen molar-refractivity contribution in [1.82, 2.24) is 4.72 Å². The summed E-state index contributed by atoms with van der Waals surface area (Å²) in [5, 5.41) is 12.0. The number of aliphatic hydroxyl groups is 1. The summed E-state index contributed by atoms with van der Waals surface area (Å²) in [7, 11) is -3.89. The maximum Gasteiger partial charge on any atom is 0.242 e. The lowest BCUT2D eigenvalue weighted by atomic mass is 10.0. The summed E-state index contributed by atoms with van der Waals surface area (Å²) >= 11 is 6.02. The van der Waals surface area contributed by atoms with Gasteiger partial charge in [0.25, 0.3) is 0 Å². The predicted molar refractivity (Wildman–Crippen MR) is 79.9 cm³/mol. The molecule has 21 heavy (non-hydrogen) atoms. The van der Waals surface area contributed by atoms with E-state index in [-0.39, 0.29) is 28.9 Å². The molecular weight excluding hydrogens is 316 g/mol. The Labute approximate surface area is 128 Å². The fourth-order valence-electron chi connectivity index (χ4n) is 2.03. The molecule has 1 heterocycles. The number of halogens is 1. The van der Waals surface area contributed by atoms with E-state index in [2.05, 4.69) is 10.0 Å². The zero-order valence-corrected chi connectivity index (χ0v) is 13.3. The zero-order chi connectivity index (χ0) is 15.8. The number of nitrogens with one attached hydrogen (secondary N) is 2. The minimum Gasteiger partial charge on any atom is -0.394 e. The lowest BCUT2D eigenvalue weighted by Gasteiger charge is -2.27. The average Bonchev–Trinajstić information content (AvgIpc) is 2.76. The summed E-state index contributed by atoms with van der Waals surface area (Å²) in [5.41, 5.74) is 0.159. The van der Waals surface area contributed by atoms with Gasteiger partial charge in [-0.25, -0.2) is 13.1 Å². The topological polar surface area (TPSA) is 95.5 Å². The normalized spacial score (nSPS) is 17.2. The second kappa shape index (κ2) is 5.57. The molecule has 1 aliphatic rings. The average molecular weight is 333 g/mol. The van der Waals surface area contributed by atoms with Gasteiger partial charge in [-0.1, -0.05) is 18.5 Å². The third-order valence-electron chi connectivity index (χ3n) is 3.58. The number of carbonyl (C=O) groups excluding carboxylic acids is 1. The summed E-state index contributed by atoms with van der Waals surface area (Å²) in [4.78, 5) is 11.3. The molecule has 3 N–H and O–H groups in total. The van der Waals surface area contributed by atoms with Crippen molar-refractivity contribution >= 4 is 33.2 Å². The monoisotopic (exact) mass is 332 g/mol. The molecule has 0 radical (unpaired) electrons. The molecule has 1 aromatic rings.